The van der Waals surface area contributed by atoms with Crippen LogP contribution < -0.4 is 10.1 Å². The van der Waals surface area contributed by atoms with E-state index in [2.05, 4.69) is 11.4 Å². The number of rotatable bonds is 6. The van der Waals surface area contributed by atoms with Crippen LogP contribution in [0.1, 0.15) is 31.7 Å². The van der Waals surface area contributed by atoms with Crippen LogP contribution in [-0.4, -0.2) is 50.6 Å². The van der Waals surface area contributed by atoms with Crippen molar-refractivity contribution in [2.45, 2.75) is 32.6 Å². The molecule has 2 atom stereocenters. The Kier molecular flexibility index (Phi) is 6.19. The number of piperidine rings is 1. The molecule has 0 bridgehead atoms. The Bertz CT molecular complexity index is 735. The lowest BCUT2D eigenvalue weighted by Gasteiger charge is -2.32. The van der Waals surface area contributed by atoms with E-state index in [4.69, 9.17) is 4.74 Å². The molecule has 26 heavy (non-hydrogen) atoms. The molecule has 3 rings (SSSR count). The third-order valence-electron chi connectivity index (χ3n) is 5.13. The van der Waals surface area contributed by atoms with Crippen molar-refractivity contribution in [1.29, 1.82) is 0 Å². The predicted octanol–water partition coefficient (Wildman–Crippen LogP) is 1.81. The number of amides is 1. The van der Waals surface area contributed by atoms with Gasteiger partial charge in [-0.05, 0) is 37.3 Å². The second-order valence-corrected chi connectivity index (χ2v) is 9.34. The van der Waals surface area contributed by atoms with E-state index in [1.54, 1.807) is 0 Å². The Morgan fingerprint density at radius 3 is 2.96 bits per heavy atom. The number of hydrogen-bond acceptors (Lipinski definition) is 4. The molecule has 1 fully saturated rings. The van der Waals surface area contributed by atoms with Gasteiger partial charge in [-0.25, -0.2) is 12.7 Å². The summed E-state index contributed by atoms with van der Waals surface area (Å²) in [5.41, 5.74) is 1.17. The first-order chi connectivity index (χ1) is 12.5. The number of fused-ring (bicyclic) bond motifs is 1. The van der Waals surface area contributed by atoms with Gasteiger partial charge in [0.05, 0.1) is 18.3 Å². The molecule has 2 aliphatic heterocycles. The normalized spacial score (nSPS) is 23.7. The highest BCUT2D eigenvalue weighted by molar-refractivity contribution is 7.89. The predicted molar refractivity (Wildman–Crippen MR) is 101 cm³/mol. The van der Waals surface area contributed by atoms with Crippen LogP contribution in [0.3, 0.4) is 0 Å². The molecule has 0 unspecified atom stereocenters. The largest absolute Gasteiger partial charge is 0.493 e. The topological polar surface area (TPSA) is 75.7 Å². The highest BCUT2D eigenvalue weighted by atomic mass is 32.2. The molecular formula is C19H28N2O4S. The molecule has 0 aromatic heterocycles. The zero-order valence-corrected chi connectivity index (χ0v) is 16.1. The second-order valence-electron chi connectivity index (χ2n) is 7.25. The Labute approximate surface area is 156 Å². The molecule has 0 aliphatic carbocycles. The standard InChI is InChI=1S/C19H28N2O4S/c1-2-10-26(23,24)21-9-5-7-17(13-21)19(22)20-12-15-11-16-6-3-4-8-18(16)25-14-15/h3-4,6,8,15,17H,2,5,7,9-14H2,1H3,(H,20,22)/t15-,17+/m0/s1. The van der Waals surface area contributed by atoms with Gasteiger partial charge >= 0.3 is 0 Å². The van der Waals surface area contributed by atoms with Crippen molar-refractivity contribution in [2.24, 2.45) is 11.8 Å². The van der Waals surface area contributed by atoms with Crippen molar-refractivity contribution in [2.75, 3.05) is 32.0 Å². The summed E-state index contributed by atoms with van der Waals surface area (Å²) in [7, 11) is -3.24. The zero-order valence-electron chi connectivity index (χ0n) is 15.3. The molecule has 0 saturated carbocycles. The number of sulfonamides is 1. The molecule has 0 radical (unpaired) electrons. The lowest BCUT2D eigenvalue weighted by Crippen LogP contribution is -2.47. The average molecular weight is 381 g/mol. The highest BCUT2D eigenvalue weighted by Crippen LogP contribution is 2.26. The van der Waals surface area contributed by atoms with Gasteiger partial charge in [0.25, 0.3) is 0 Å². The van der Waals surface area contributed by atoms with Crippen molar-refractivity contribution in [1.82, 2.24) is 9.62 Å². The third-order valence-corrected chi connectivity index (χ3v) is 7.17. The fourth-order valence-electron chi connectivity index (χ4n) is 3.71. The Morgan fingerprint density at radius 2 is 2.15 bits per heavy atom. The molecule has 1 amide bonds. The van der Waals surface area contributed by atoms with E-state index in [9.17, 15) is 13.2 Å². The van der Waals surface area contributed by atoms with E-state index < -0.39 is 10.0 Å². The third kappa shape index (κ3) is 4.57. The molecule has 2 heterocycles. The molecule has 2 aliphatic rings. The SMILES string of the molecule is CCCS(=O)(=O)N1CCC[C@@H](C(=O)NC[C@H]2COc3ccccc3C2)C1. The summed E-state index contributed by atoms with van der Waals surface area (Å²) in [6.45, 7) is 3.85. The van der Waals surface area contributed by atoms with Gasteiger partial charge in [0.2, 0.25) is 15.9 Å². The fraction of sp³-hybridized carbons (Fsp3) is 0.632. The molecule has 1 saturated heterocycles. The first-order valence-corrected chi connectivity index (χ1v) is 11.1. The average Bonchev–Trinajstić information content (AvgIpc) is 2.66. The van der Waals surface area contributed by atoms with Crippen molar-refractivity contribution in [3.63, 3.8) is 0 Å². The van der Waals surface area contributed by atoms with Crippen LogP contribution in [0, 0.1) is 11.8 Å². The minimum atomic E-state index is -3.24. The number of carbonyl (C=O) groups is 1. The van der Waals surface area contributed by atoms with Gasteiger partial charge in [-0.2, -0.15) is 0 Å². The highest BCUT2D eigenvalue weighted by Gasteiger charge is 2.32. The van der Waals surface area contributed by atoms with E-state index >= 15 is 0 Å². The van der Waals surface area contributed by atoms with Gasteiger partial charge in [0.1, 0.15) is 5.75 Å². The van der Waals surface area contributed by atoms with Crippen molar-refractivity contribution in [3.8, 4) is 5.75 Å². The molecule has 0 spiro atoms. The lowest BCUT2D eigenvalue weighted by atomic mass is 9.95. The van der Waals surface area contributed by atoms with E-state index in [1.807, 2.05) is 25.1 Å². The quantitative estimate of drug-likeness (QED) is 0.817. The summed E-state index contributed by atoms with van der Waals surface area (Å²) in [5.74, 6) is 1.03. The van der Waals surface area contributed by atoms with E-state index in [0.29, 0.717) is 32.7 Å². The molecule has 7 heteroatoms. The van der Waals surface area contributed by atoms with Crippen LogP contribution in [0.4, 0.5) is 0 Å². The van der Waals surface area contributed by atoms with Crippen LogP contribution in [0.2, 0.25) is 0 Å². The summed E-state index contributed by atoms with van der Waals surface area (Å²) in [6.07, 6.45) is 2.96. The van der Waals surface area contributed by atoms with Gasteiger partial charge < -0.3 is 10.1 Å². The maximum atomic E-state index is 12.5. The van der Waals surface area contributed by atoms with Crippen molar-refractivity contribution < 1.29 is 17.9 Å². The fourth-order valence-corrected chi connectivity index (χ4v) is 5.30. The summed E-state index contributed by atoms with van der Waals surface area (Å²) in [5, 5.41) is 3.02. The number of carbonyl (C=O) groups excluding carboxylic acids is 1. The first-order valence-electron chi connectivity index (χ1n) is 9.46. The summed E-state index contributed by atoms with van der Waals surface area (Å²) in [4.78, 5) is 12.5. The number of ether oxygens (including phenoxy) is 1. The van der Waals surface area contributed by atoms with Crippen LogP contribution in [0.25, 0.3) is 0 Å². The van der Waals surface area contributed by atoms with E-state index in [-0.39, 0.29) is 23.5 Å². The Morgan fingerprint density at radius 1 is 1.35 bits per heavy atom. The second kappa shape index (κ2) is 8.39. The molecule has 6 nitrogen and oxygen atoms in total. The monoisotopic (exact) mass is 380 g/mol. The minimum Gasteiger partial charge on any atom is -0.493 e. The van der Waals surface area contributed by atoms with Gasteiger partial charge in [-0.1, -0.05) is 25.1 Å². The number of nitrogens with zero attached hydrogens (tertiary/aromatic N) is 1. The number of benzene rings is 1. The lowest BCUT2D eigenvalue weighted by molar-refractivity contribution is -0.126. The first kappa shape index (κ1) is 19.2. The maximum absolute atomic E-state index is 12.5. The van der Waals surface area contributed by atoms with Gasteiger partial charge in [-0.3, -0.25) is 4.79 Å². The van der Waals surface area contributed by atoms with Crippen LogP contribution in [0.5, 0.6) is 5.75 Å². The minimum absolute atomic E-state index is 0.0414. The van der Waals surface area contributed by atoms with Gasteiger partial charge in [0, 0.05) is 25.6 Å². The summed E-state index contributed by atoms with van der Waals surface area (Å²) < 4.78 is 31.8. The van der Waals surface area contributed by atoms with Crippen LogP contribution in [-0.2, 0) is 21.2 Å². The molecule has 1 aromatic rings. The number of hydrogen-bond donors (Lipinski definition) is 1. The van der Waals surface area contributed by atoms with Crippen LogP contribution >= 0.6 is 0 Å². The number of para-hydroxylation sites is 1. The Hall–Kier alpha value is -1.60. The number of nitrogens with one attached hydrogen (secondary N) is 1. The maximum Gasteiger partial charge on any atom is 0.224 e. The van der Waals surface area contributed by atoms with Gasteiger partial charge in [0.15, 0.2) is 0 Å². The molecule has 1 N–H and O–H groups in total. The summed E-state index contributed by atoms with van der Waals surface area (Å²) in [6, 6.07) is 7.98. The van der Waals surface area contributed by atoms with Gasteiger partial charge in [-0.15, -0.1) is 0 Å². The Balaban J connectivity index is 1.51. The molecule has 144 valence electrons. The van der Waals surface area contributed by atoms with Crippen molar-refractivity contribution >= 4 is 15.9 Å². The van der Waals surface area contributed by atoms with Crippen LogP contribution in [0.15, 0.2) is 24.3 Å². The zero-order chi connectivity index (χ0) is 18.6. The molecular weight excluding hydrogens is 352 g/mol. The smallest absolute Gasteiger partial charge is 0.224 e. The summed E-state index contributed by atoms with van der Waals surface area (Å²) >= 11 is 0. The van der Waals surface area contributed by atoms with Crippen molar-refractivity contribution in [3.05, 3.63) is 29.8 Å². The van der Waals surface area contributed by atoms with E-state index in [0.717, 1.165) is 25.0 Å². The molecule has 1 aromatic carbocycles. The van der Waals surface area contributed by atoms with E-state index in [1.165, 1.54) is 9.87 Å².